The summed E-state index contributed by atoms with van der Waals surface area (Å²) in [5, 5.41) is 8.81. The Morgan fingerprint density at radius 1 is 1.24 bits per heavy atom. The van der Waals surface area contributed by atoms with Gasteiger partial charge in [-0.1, -0.05) is 12.1 Å². The first-order valence-corrected chi connectivity index (χ1v) is 5.42. The first-order chi connectivity index (χ1) is 8.24. The van der Waals surface area contributed by atoms with Gasteiger partial charge in [0.15, 0.2) is 0 Å². The van der Waals surface area contributed by atoms with E-state index in [1.807, 2.05) is 6.07 Å². The van der Waals surface area contributed by atoms with Crippen molar-refractivity contribution in [3.05, 3.63) is 35.4 Å². The number of rotatable bonds is 8. The van der Waals surface area contributed by atoms with Gasteiger partial charge in [0.05, 0.1) is 32.0 Å². The molecule has 0 saturated carbocycles. The minimum atomic E-state index is -0.932. The van der Waals surface area contributed by atoms with E-state index in [2.05, 4.69) is 0 Å². The van der Waals surface area contributed by atoms with Crippen LogP contribution >= 0.6 is 0 Å². The van der Waals surface area contributed by atoms with Crippen LogP contribution in [0.2, 0.25) is 0 Å². The second kappa shape index (κ2) is 7.78. The molecule has 0 radical (unpaired) electrons. The molecule has 0 bridgehead atoms. The highest BCUT2D eigenvalue weighted by molar-refractivity contribution is 5.87. The fraction of sp³-hybridized carbons (Fsp3) is 0.417. The fourth-order valence-electron chi connectivity index (χ4n) is 1.29. The molecule has 0 aliphatic carbocycles. The molecule has 0 aliphatic heterocycles. The molecule has 94 valence electrons. The van der Waals surface area contributed by atoms with Crippen molar-refractivity contribution >= 4 is 5.97 Å². The van der Waals surface area contributed by atoms with E-state index in [0.29, 0.717) is 33.0 Å². The van der Waals surface area contributed by atoms with Crippen LogP contribution in [0.25, 0.3) is 0 Å². The highest BCUT2D eigenvalue weighted by Crippen LogP contribution is 2.06. The van der Waals surface area contributed by atoms with Crippen molar-refractivity contribution in [2.75, 3.05) is 26.4 Å². The molecule has 0 unspecified atom stereocenters. The second-order valence-corrected chi connectivity index (χ2v) is 3.46. The van der Waals surface area contributed by atoms with Gasteiger partial charge in [0, 0.05) is 6.54 Å². The van der Waals surface area contributed by atoms with Crippen molar-refractivity contribution in [2.24, 2.45) is 5.73 Å². The van der Waals surface area contributed by atoms with Gasteiger partial charge in [0.25, 0.3) is 0 Å². The van der Waals surface area contributed by atoms with E-state index < -0.39 is 5.97 Å². The highest BCUT2D eigenvalue weighted by Gasteiger charge is 2.02. The number of aromatic carboxylic acids is 1. The van der Waals surface area contributed by atoms with Crippen LogP contribution in [0.1, 0.15) is 15.9 Å². The minimum Gasteiger partial charge on any atom is -0.478 e. The van der Waals surface area contributed by atoms with Crippen molar-refractivity contribution in [1.82, 2.24) is 0 Å². The molecule has 0 atom stereocenters. The number of carboxylic acids is 1. The maximum Gasteiger partial charge on any atom is 0.335 e. The van der Waals surface area contributed by atoms with Crippen LogP contribution in [0.15, 0.2) is 24.3 Å². The molecular weight excluding hydrogens is 222 g/mol. The van der Waals surface area contributed by atoms with Gasteiger partial charge in [0.2, 0.25) is 0 Å². The molecule has 0 aromatic heterocycles. The molecule has 0 saturated heterocycles. The Morgan fingerprint density at radius 2 is 2.00 bits per heavy atom. The number of carbonyl (C=O) groups is 1. The molecular formula is C12H17NO4. The predicted octanol–water partition coefficient (Wildman–Crippen LogP) is 0.877. The quantitative estimate of drug-likeness (QED) is 0.658. The third kappa shape index (κ3) is 5.44. The number of carboxylic acid groups (broad SMARTS) is 1. The lowest BCUT2D eigenvalue weighted by molar-refractivity contribution is 0.0433. The number of benzene rings is 1. The summed E-state index contributed by atoms with van der Waals surface area (Å²) in [4.78, 5) is 10.7. The molecule has 0 heterocycles. The van der Waals surface area contributed by atoms with Gasteiger partial charge in [-0.25, -0.2) is 4.79 Å². The fourth-order valence-corrected chi connectivity index (χ4v) is 1.29. The molecule has 5 heteroatoms. The SMILES string of the molecule is NCCOCCOCc1cccc(C(=O)O)c1. The average molecular weight is 239 g/mol. The van der Waals surface area contributed by atoms with Gasteiger partial charge < -0.3 is 20.3 Å². The average Bonchev–Trinajstić information content (AvgIpc) is 2.34. The molecule has 0 amide bonds. The monoisotopic (exact) mass is 239 g/mol. The van der Waals surface area contributed by atoms with Crippen molar-refractivity contribution < 1.29 is 19.4 Å². The lowest BCUT2D eigenvalue weighted by Crippen LogP contribution is -2.12. The number of ether oxygens (including phenoxy) is 2. The van der Waals surface area contributed by atoms with E-state index in [9.17, 15) is 4.79 Å². The highest BCUT2D eigenvalue weighted by atomic mass is 16.5. The summed E-state index contributed by atoms with van der Waals surface area (Å²) in [6, 6.07) is 6.68. The Kier molecular flexibility index (Phi) is 6.24. The summed E-state index contributed by atoms with van der Waals surface area (Å²) in [5.41, 5.74) is 6.36. The van der Waals surface area contributed by atoms with E-state index in [0.717, 1.165) is 5.56 Å². The van der Waals surface area contributed by atoms with Crippen LogP contribution < -0.4 is 5.73 Å². The van der Waals surface area contributed by atoms with Crippen molar-refractivity contribution in [3.63, 3.8) is 0 Å². The summed E-state index contributed by atoms with van der Waals surface area (Å²) in [6.07, 6.45) is 0. The first kappa shape index (κ1) is 13.6. The zero-order chi connectivity index (χ0) is 12.5. The Bertz CT molecular complexity index is 354. The molecule has 5 nitrogen and oxygen atoms in total. The number of hydrogen-bond acceptors (Lipinski definition) is 4. The van der Waals surface area contributed by atoms with Crippen LogP contribution in [-0.2, 0) is 16.1 Å². The van der Waals surface area contributed by atoms with E-state index in [-0.39, 0.29) is 5.56 Å². The summed E-state index contributed by atoms with van der Waals surface area (Å²) in [5.74, 6) is -0.932. The third-order valence-electron chi connectivity index (χ3n) is 2.08. The Balaban J connectivity index is 2.27. The standard InChI is InChI=1S/C12H17NO4/c13-4-5-16-6-7-17-9-10-2-1-3-11(8-10)12(14)15/h1-3,8H,4-7,9,13H2,(H,14,15). The molecule has 17 heavy (non-hydrogen) atoms. The zero-order valence-corrected chi connectivity index (χ0v) is 9.59. The van der Waals surface area contributed by atoms with Crippen LogP contribution in [-0.4, -0.2) is 37.4 Å². The lowest BCUT2D eigenvalue weighted by Gasteiger charge is -2.05. The maximum absolute atomic E-state index is 10.7. The van der Waals surface area contributed by atoms with Gasteiger partial charge in [-0.3, -0.25) is 0 Å². The molecule has 1 rings (SSSR count). The molecule has 3 N–H and O–H groups in total. The summed E-state index contributed by atoms with van der Waals surface area (Å²) < 4.78 is 10.5. The minimum absolute atomic E-state index is 0.269. The van der Waals surface area contributed by atoms with Crippen LogP contribution in [0, 0.1) is 0 Å². The summed E-state index contributed by atoms with van der Waals surface area (Å²) >= 11 is 0. The number of nitrogens with two attached hydrogens (primary N) is 1. The van der Waals surface area contributed by atoms with Crippen LogP contribution in [0.4, 0.5) is 0 Å². The van der Waals surface area contributed by atoms with E-state index in [4.69, 9.17) is 20.3 Å². The van der Waals surface area contributed by atoms with Crippen molar-refractivity contribution in [2.45, 2.75) is 6.61 Å². The maximum atomic E-state index is 10.7. The molecule has 1 aromatic rings. The smallest absolute Gasteiger partial charge is 0.335 e. The predicted molar refractivity (Wildman–Crippen MR) is 62.9 cm³/mol. The topological polar surface area (TPSA) is 81.8 Å². The summed E-state index contributed by atoms with van der Waals surface area (Å²) in [6.45, 7) is 2.37. The van der Waals surface area contributed by atoms with Crippen LogP contribution in [0.5, 0.6) is 0 Å². The molecule has 0 fully saturated rings. The van der Waals surface area contributed by atoms with Gasteiger partial charge >= 0.3 is 5.97 Å². The summed E-state index contributed by atoms with van der Waals surface area (Å²) in [7, 11) is 0. The number of hydrogen-bond donors (Lipinski definition) is 2. The van der Waals surface area contributed by atoms with Gasteiger partial charge in [-0.2, -0.15) is 0 Å². The van der Waals surface area contributed by atoms with E-state index >= 15 is 0 Å². The zero-order valence-electron chi connectivity index (χ0n) is 9.59. The largest absolute Gasteiger partial charge is 0.478 e. The van der Waals surface area contributed by atoms with Gasteiger partial charge in [-0.15, -0.1) is 0 Å². The Hall–Kier alpha value is -1.43. The van der Waals surface area contributed by atoms with Gasteiger partial charge in [-0.05, 0) is 17.7 Å². The molecule has 0 aliphatic rings. The van der Waals surface area contributed by atoms with Crippen molar-refractivity contribution in [3.8, 4) is 0 Å². The molecule has 1 aromatic carbocycles. The van der Waals surface area contributed by atoms with Crippen LogP contribution in [0.3, 0.4) is 0 Å². The van der Waals surface area contributed by atoms with Crippen molar-refractivity contribution in [1.29, 1.82) is 0 Å². The first-order valence-electron chi connectivity index (χ1n) is 5.42. The third-order valence-corrected chi connectivity index (χ3v) is 2.08. The second-order valence-electron chi connectivity index (χ2n) is 3.46. The van der Waals surface area contributed by atoms with E-state index in [1.165, 1.54) is 0 Å². The molecule has 0 spiro atoms. The lowest BCUT2D eigenvalue weighted by atomic mass is 10.1. The normalized spacial score (nSPS) is 10.4. The van der Waals surface area contributed by atoms with Gasteiger partial charge in [0.1, 0.15) is 0 Å². The Morgan fingerprint density at radius 3 is 2.71 bits per heavy atom. The van der Waals surface area contributed by atoms with E-state index in [1.54, 1.807) is 18.2 Å². The Labute approximate surface area is 100 Å².